The van der Waals surface area contributed by atoms with Gasteiger partial charge < -0.3 is 5.11 Å². The summed E-state index contributed by atoms with van der Waals surface area (Å²) in [6.45, 7) is 4.54. The Morgan fingerprint density at radius 3 is 2.72 bits per heavy atom. The van der Waals surface area contributed by atoms with E-state index in [9.17, 15) is 14.3 Å². The molecule has 4 nitrogen and oxygen atoms in total. The minimum atomic E-state index is -0.291. The van der Waals surface area contributed by atoms with Crippen LogP contribution in [0.2, 0.25) is 0 Å². The monoisotopic (exact) mass is 392 g/mol. The molecule has 5 heteroatoms. The van der Waals surface area contributed by atoms with Crippen LogP contribution in [-0.4, -0.2) is 14.7 Å². The molecule has 29 heavy (non-hydrogen) atoms. The molecule has 0 saturated carbocycles. The number of nitrogens with zero attached hydrogens (tertiary/aromatic N) is 2. The van der Waals surface area contributed by atoms with Crippen LogP contribution in [0.5, 0.6) is 5.75 Å². The van der Waals surface area contributed by atoms with Gasteiger partial charge in [-0.2, -0.15) is 0 Å². The number of phenols is 1. The van der Waals surface area contributed by atoms with Crippen LogP contribution >= 0.6 is 0 Å². The molecule has 4 rings (SSSR count). The molecule has 0 bridgehead atoms. The molecular formula is C24H25FN2O2. The van der Waals surface area contributed by atoms with Crippen molar-refractivity contribution in [1.82, 2.24) is 9.55 Å². The zero-order valence-corrected chi connectivity index (χ0v) is 16.8. The molecule has 1 heterocycles. The molecule has 1 aromatic heterocycles. The van der Waals surface area contributed by atoms with Gasteiger partial charge in [0.2, 0.25) is 0 Å². The molecule has 0 unspecified atom stereocenters. The van der Waals surface area contributed by atoms with Gasteiger partial charge in [0, 0.05) is 12.1 Å². The third kappa shape index (κ3) is 3.69. The Morgan fingerprint density at radius 2 is 1.97 bits per heavy atom. The highest BCUT2D eigenvalue weighted by atomic mass is 19.1. The Bertz CT molecular complexity index is 1120. The first-order chi connectivity index (χ1) is 13.9. The summed E-state index contributed by atoms with van der Waals surface area (Å²) in [7, 11) is 0. The maximum absolute atomic E-state index is 13.6. The van der Waals surface area contributed by atoms with Gasteiger partial charge in [-0.15, -0.1) is 0 Å². The standard InChI is InChI=1S/C24H25FN2O2/c1-24(2)13-6-10-19-21(24)23(29)27(14-12-16-7-5-8-17(25)15-16)22(26-19)18-9-3-4-11-20(18)28/h3-5,7-9,11,15,28H,6,10,12-14H2,1-2H3. The van der Waals surface area contributed by atoms with Gasteiger partial charge in [-0.3, -0.25) is 9.36 Å². The Kier molecular flexibility index (Phi) is 4.99. The van der Waals surface area contributed by atoms with E-state index in [1.165, 1.54) is 12.1 Å². The van der Waals surface area contributed by atoms with Crippen molar-refractivity contribution in [2.75, 3.05) is 0 Å². The van der Waals surface area contributed by atoms with Crippen molar-refractivity contribution >= 4 is 0 Å². The Hall–Kier alpha value is -2.95. The van der Waals surface area contributed by atoms with E-state index in [-0.39, 0.29) is 22.5 Å². The van der Waals surface area contributed by atoms with Crippen LogP contribution in [0.4, 0.5) is 4.39 Å². The Balaban J connectivity index is 1.87. The number of benzene rings is 2. The minimum Gasteiger partial charge on any atom is -0.507 e. The van der Waals surface area contributed by atoms with Gasteiger partial charge in [0.1, 0.15) is 17.4 Å². The van der Waals surface area contributed by atoms with E-state index in [0.717, 1.165) is 36.1 Å². The molecule has 0 saturated heterocycles. The molecule has 1 aliphatic carbocycles. The topological polar surface area (TPSA) is 55.1 Å². The molecule has 1 aliphatic rings. The van der Waals surface area contributed by atoms with E-state index in [2.05, 4.69) is 13.8 Å². The average Bonchev–Trinajstić information content (AvgIpc) is 2.67. The molecule has 2 aromatic carbocycles. The fourth-order valence-electron chi connectivity index (χ4n) is 4.29. The summed E-state index contributed by atoms with van der Waals surface area (Å²) in [5.74, 6) is 0.273. The second-order valence-corrected chi connectivity index (χ2v) is 8.35. The molecule has 0 radical (unpaired) electrons. The number of aromatic nitrogens is 2. The van der Waals surface area contributed by atoms with Crippen molar-refractivity contribution in [1.29, 1.82) is 0 Å². The summed E-state index contributed by atoms with van der Waals surface area (Å²) < 4.78 is 15.2. The zero-order valence-electron chi connectivity index (χ0n) is 16.8. The summed E-state index contributed by atoms with van der Waals surface area (Å²) >= 11 is 0. The fourth-order valence-corrected chi connectivity index (χ4v) is 4.29. The average molecular weight is 392 g/mol. The van der Waals surface area contributed by atoms with Crippen molar-refractivity contribution < 1.29 is 9.50 Å². The van der Waals surface area contributed by atoms with Crippen LogP contribution in [0.1, 0.15) is 43.5 Å². The molecule has 0 spiro atoms. The maximum atomic E-state index is 13.6. The highest BCUT2D eigenvalue weighted by Crippen LogP contribution is 2.35. The lowest BCUT2D eigenvalue weighted by molar-refractivity contribution is 0.413. The van der Waals surface area contributed by atoms with Crippen LogP contribution in [0.25, 0.3) is 11.4 Å². The van der Waals surface area contributed by atoms with E-state index < -0.39 is 0 Å². The smallest absolute Gasteiger partial charge is 0.257 e. The zero-order chi connectivity index (χ0) is 20.6. The van der Waals surface area contributed by atoms with Crippen LogP contribution in [0, 0.1) is 5.82 Å². The summed E-state index contributed by atoms with van der Waals surface area (Å²) in [6, 6.07) is 13.4. The number of halogens is 1. The number of fused-ring (bicyclic) bond motifs is 1. The van der Waals surface area contributed by atoms with Crippen molar-refractivity contribution in [2.45, 2.75) is 51.5 Å². The molecule has 0 aliphatic heterocycles. The lowest BCUT2D eigenvalue weighted by Gasteiger charge is -2.32. The lowest BCUT2D eigenvalue weighted by Crippen LogP contribution is -2.38. The van der Waals surface area contributed by atoms with Crippen LogP contribution in [0.3, 0.4) is 0 Å². The highest BCUT2D eigenvalue weighted by molar-refractivity contribution is 5.64. The van der Waals surface area contributed by atoms with Gasteiger partial charge in [-0.1, -0.05) is 38.1 Å². The van der Waals surface area contributed by atoms with Gasteiger partial charge in [0.25, 0.3) is 5.56 Å². The first kappa shape index (κ1) is 19.4. The number of phenolic OH excluding ortho intramolecular Hbond substituents is 1. The highest BCUT2D eigenvalue weighted by Gasteiger charge is 2.33. The first-order valence-corrected chi connectivity index (χ1v) is 10.0. The van der Waals surface area contributed by atoms with E-state index in [1.54, 1.807) is 28.8 Å². The predicted molar refractivity (Wildman–Crippen MR) is 112 cm³/mol. The molecule has 3 aromatic rings. The number of aromatic hydroxyl groups is 1. The first-order valence-electron chi connectivity index (χ1n) is 10.0. The van der Waals surface area contributed by atoms with Gasteiger partial charge in [0.15, 0.2) is 0 Å². The van der Waals surface area contributed by atoms with Crippen molar-refractivity contribution in [3.05, 3.63) is 81.5 Å². The minimum absolute atomic E-state index is 0.0608. The second kappa shape index (κ2) is 7.47. The summed E-state index contributed by atoms with van der Waals surface area (Å²) in [5.41, 5.74) is 2.64. The van der Waals surface area contributed by atoms with Gasteiger partial charge >= 0.3 is 0 Å². The summed E-state index contributed by atoms with van der Waals surface area (Å²) in [4.78, 5) is 18.4. The maximum Gasteiger partial charge on any atom is 0.257 e. The van der Waals surface area contributed by atoms with Gasteiger partial charge in [-0.25, -0.2) is 9.37 Å². The molecule has 0 fully saturated rings. The fraction of sp³-hybridized carbons (Fsp3) is 0.333. The predicted octanol–water partition coefficient (Wildman–Crippen LogP) is 4.61. The van der Waals surface area contributed by atoms with Crippen LogP contribution in [-0.2, 0) is 24.8 Å². The number of hydrogen-bond donors (Lipinski definition) is 1. The van der Waals surface area contributed by atoms with Crippen molar-refractivity contribution in [2.24, 2.45) is 0 Å². The number of para-hydroxylation sites is 1. The van der Waals surface area contributed by atoms with E-state index in [4.69, 9.17) is 4.98 Å². The Morgan fingerprint density at radius 1 is 1.17 bits per heavy atom. The van der Waals surface area contributed by atoms with Crippen LogP contribution in [0.15, 0.2) is 53.3 Å². The third-order valence-electron chi connectivity index (χ3n) is 5.79. The third-order valence-corrected chi connectivity index (χ3v) is 5.79. The van der Waals surface area contributed by atoms with E-state index >= 15 is 0 Å². The van der Waals surface area contributed by atoms with Gasteiger partial charge in [-0.05, 0) is 60.9 Å². The number of hydrogen-bond acceptors (Lipinski definition) is 3. The van der Waals surface area contributed by atoms with Crippen molar-refractivity contribution in [3.8, 4) is 17.1 Å². The molecule has 150 valence electrons. The summed E-state index contributed by atoms with van der Waals surface area (Å²) in [5, 5.41) is 10.4. The molecule has 0 amide bonds. The van der Waals surface area contributed by atoms with Gasteiger partial charge in [0.05, 0.1) is 11.3 Å². The molecule has 0 atom stereocenters. The molecular weight excluding hydrogens is 367 g/mol. The quantitative estimate of drug-likeness (QED) is 0.705. The second-order valence-electron chi connectivity index (χ2n) is 8.35. The van der Waals surface area contributed by atoms with E-state index in [1.807, 2.05) is 12.1 Å². The largest absolute Gasteiger partial charge is 0.507 e. The lowest BCUT2D eigenvalue weighted by atomic mass is 9.75. The number of rotatable bonds is 4. The summed E-state index contributed by atoms with van der Waals surface area (Å²) in [6.07, 6.45) is 3.19. The normalized spacial score (nSPS) is 15.1. The number of aryl methyl sites for hydroxylation is 2. The SMILES string of the molecule is CC1(C)CCCc2nc(-c3ccccc3O)n(CCc3cccc(F)c3)c(=O)c21. The Labute approximate surface area is 169 Å². The molecule has 1 N–H and O–H groups in total. The van der Waals surface area contributed by atoms with Crippen LogP contribution < -0.4 is 5.56 Å². The van der Waals surface area contributed by atoms with E-state index in [0.29, 0.717) is 24.4 Å². The van der Waals surface area contributed by atoms with Crippen molar-refractivity contribution in [3.63, 3.8) is 0 Å².